The van der Waals surface area contributed by atoms with E-state index in [1.54, 1.807) is 0 Å². The number of nitrogens with two attached hydrogens (primary N) is 1. The zero-order valence-electron chi connectivity index (χ0n) is 8.27. The first-order valence-electron chi connectivity index (χ1n) is 4.14. The monoisotopic (exact) mass is 277 g/mol. The lowest BCUT2D eigenvalue weighted by Gasteiger charge is -2.10. The molecule has 1 aromatic rings. The maximum absolute atomic E-state index is 10.7. The van der Waals surface area contributed by atoms with Crippen LogP contribution >= 0.6 is 20.0 Å². The third-order valence-corrected chi connectivity index (χ3v) is 2.29. The second kappa shape index (κ2) is 5.19. The van der Waals surface area contributed by atoms with Crippen LogP contribution in [0.4, 0.5) is 11.4 Å². The summed E-state index contributed by atoms with van der Waals surface area (Å²) < 4.78 is 14.9. The summed E-state index contributed by atoms with van der Waals surface area (Å²) in [5.74, 6) is 0. The van der Waals surface area contributed by atoms with Crippen LogP contribution in [0.25, 0.3) is 0 Å². The molecule has 0 aliphatic rings. The number of nitrogens with one attached hydrogen (secondary N) is 1. The van der Waals surface area contributed by atoms with Gasteiger partial charge in [-0.25, -0.2) is 10.1 Å². The summed E-state index contributed by atoms with van der Waals surface area (Å²) in [5, 5.41) is 12.4. The number of benzene rings is 1. The topological polar surface area (TPSA) is 128 Å². The molecule has 0 spiro atoms. The van der Waals surface area contributed by atoms with E-state index in [1.165, 1.54) is 24.3 Å². The van der Waals surface area contributed by atoms with E-state index in [0.717, 1.165) is 0 Å². The van der Waals surface area contributed by atoms with Gasteiger partial charge in [-0.2, -0.15) is 0 Å². The SMILES string of the molecule is NP(=O)(O)OC(=S)Nc1ccc([N+](=O)[O-])cc1. The second-order valence-corrected chi connectivity index (χ2v) is 4.55. The van der Waals surface area contributed by atoms with Gasteiger partial charge in [0, 0.05) is 17.8 Å². The van der Waals surface area contributed by atoms with Crippen molar-refractivity contribution in [3.05, 3.63) is 34.4 Å². The minimum absolute atomic E-state index is 0.0889. The highest BCUT2D eigenvalue weighted by Crippen LogP contribution is 2.31. The van der Waals surface area contributed by atoms with E-state index in [2.05, 4.69) is 22.1 Å². The number of rotatable bonds is 3. The van der Waals surface area contributed by atoms with Gasteiger partial charge in [0.2, 0.25) is 0 Å². The molecule has 92 valence electrons. The molecular formula is C7H8N3O5PS. The summed E-state index contributed by atoms with van der Waals surface area (Å²) in [7, 11) is -4.20. The Morgan fingerprint density at radius 1 is 1.53 bits per heavy atom. The Kier molecular flexibility index (Phi) is 4.13. The van der Waals surface area contributed by atoms with Crippen molar-refractivity contribution in [2.24, 2.45) is 5.50 Å². The third kappa shape index (κ3) is 4.87. The molecule has 0 radical (unpaired) electrons. The Bertz CT molecular complexity index is 485. The maximum atomic E-state index is 10.7. The highest BCUT2D eigenvalue weighted by Gasteiger charge is 2.15. The van der Waals surface area contributed by atoms with Gasteiger partial charge in [-0.1, -0.05) is 0 Å². The normalized spacial score (nSPS) is 13.5. The first-order valence-corrected chi connectivity index (χ1v) is 6.20. The summed E-state index contributed by atoms with van der Waals surface area (Å²) in [5.41, 5.74) is 5.01. The molecule has 10 heteroatoms. The van der Waals surface area contributed by atoms with Gasteiger partial charge >= 0.3 is 7.75 Å². The zero-order chi connectivity index (χ0) is 13.1. The van der Waals surface area contributed by atoms with E-state index in [4.69, 9.17) is 10.4 Å². The molecule has 0 aromatic heterocycles. The number of hydrogen-bond acceptors (Lipinski definition) is 5. The van der Waals surface area contributed by atoms with Gasteiger partial charge in [0.25, 0.3) is 10.9 Å². The highest BCUT2D eigenvalue weighted by atomic mass is 32.1. The molecule has 0 aliphatic carbocycles. The molecule has 0 amide bonds. The first-order chi connectivity index (χ1) is 7.78. The molecule has 17 heavy (non-hydrogen) atoms. The Morgan fingerprint density at radius 2 is 2.06 bits per heavy atom. The van der Waals surface area contributed by atoms with E-state index in [1.807, 2.05) is 0 Å². The fourth-order valence-electron chi connectivity index (χ4n) is 0.926. The van der Waals surface area contributed by atoms with Gasteiger partial charge in [0.15, 0.2) is 0 Å². The van der Waals surface area contributed by atoms with Crippen molar-refractivity contribution in [1.82, 2.24) is 0 Å². The molecule has 0 aliphatic heterocycles. The van der Waals surface area contributed by atoms with E-state index < -0.39 is 17.8 Å². The summed E-state index contributed by atoms with van der Waals surface area (Å²) in [6, 6.07) is 5.22. The molecule has 4 N–H and O–H groups in total. The molecular weight excluding hydrogens is 269 g/mol. The number of nitrogens with zero attached hydrogens (tertiary/aromatic N) is 1. The van der Waals surface area contributed by atoms with Crippen molar-refractivity contribution in [2.75, 3.05) is 5.32 Å². The average molecular weight is 277 g/mol. The number of non-ortho nitro benzene ring substituents is 1. The average Bonchev–Trinajstić information content (AvgIpc) is 2.15. The fourth-order valence-corrected chi connectivity index (χ4v) is 1.65. The van der Waals surface area contributed by atoms with Gasteiger partial charge in [0.1, 0.15) is 0 Å². The van der Waals surface area contributed by atoms with Crippen molar-refractivity contribution in [2.45, 2.75) is 0 Å². The van der Waals surface area contributed by atoms with Crippen molar-refractivity contribution < 1.29 is 18.9 Å². The largest absolute Gasteiger partial charge is 0.455 e. The summed E-state index contributed by atoms with van der Waals surface area (Å²) in [4.78, 5) is 18.5. The van der Waals surface area contributed by atoms with Crippen LogP contribution in [0.1, 0.15) is 0 Å². The summed E-state index contributed by atoms with van der Waals surface area (Å²) in [6.45, 7) is 0. The molecule has 0 bridgehead atoms. The fraction of sp³-hybridized carbons (Fsp3) is 0. The van der Waals surface area contributed by atoms with Crippen LogP contribution in [0.2, 0.25) is 0 Å². The Morgan fingerprint density at radius 3 is 2.47 bits per heavy atom. The van der Waals surface area contributed by atoms with Crippen LogP contribution in [-0.2, 0) is 9.09 Å². The Labute approximate surface area is 101 Å². The third-order valence-electron chi connectivity index (χ3n) is 1.54. The second-order valence-electron chi connectivity index (χ2n) is 2.87. The maximum Gasteiger partial charge on any atom is 0.455 e. The van der Waals surface area contributed by atoms with E-state index >= 15 is 0 Å². The molecule has 1 rings (SSSR count). The minimum Gasteiger partial charge on any atom is -0.386 e. The van der Waals surface area contributed by atoms with Crippen LogP contribution in [0, 0.1) is 10.1 Å². The molecule has 1 atom stereocenters. The van der Waals surface area contributed by atoms with E-state index in [0.29, 0.717) is 5.69 Å². The van der Waals surface area contributed by atoms with Gasteiger partial charge < -0.3 is 14.7 Å². The number of anilines is 1. The van der Waals surface area contributed by atoms with Gasteiger partial charge in [-0.05, 0) is 24.4 Å². The Hall–Kier alpha value is -1.54. The van der Waals surface area contributed by atoms with E-state index in [-0.39, 0.29) is 5.69 Å². The number of hydrogen-bond donors (Lipinski definition) is 3. The lowest BCUT2D eigenvalue weighted by Crippen LogP contribution is -2.14. The van der Waals surface area contributed by atoms with Crippen LogP contribution in [0.15, 0.2) is 24.3 Å². The standard InChI is InChI=1S/C7H8N3O5PS/c8-16(13,14)15-7(17)9-5-1-3-6(4-2-5)10(11)12/h1-4H,(H,9,17)(H3,8,13,14). The van der Waals surface area contributed by atoms with Crippen LogP contribution < -0.4 is 10.8 Å². The molecule has 0 heterocycles. The number of nitro benzene ring substituents is 1. The predicted octanol–water partition coefficient (Wildman–Crippen LogP) is 1.37. The zero-order valence-corrected chi connectivity index (χ0v) is 9.98. The van der Waals surface area contributed by atoms with Crippen LogP contribution in [-0.4, -0.2) is 15.0 Å². The van der Waals surface area contributed by atoms with Crippen LogP contribution in [0.5, 0.6) is 0 Å². The van der Waals surface area contributed by atoms with Crippen LogP contribution in [0.3, 0.4) is 0 Å². The number of thiocarbonyl (C=S) groups is 1. The smallest absolute Gasteiger partial charge is 0.386 e. The minimum atomic E-state index is -4.20. The van der Waals surface area contributed by atoms with Crippen molar-refractivity contribution in [3.8, 4) is 0 Å². The molecule has 1 unspecified atom stereocenters. The molecule has 0 saturated heterocycles. The van der Waals surface area contributed by atoms with Crippen molar-refractivity contribution in [3.63, 3.8) is 0 Å². The lowest BCUT2D eigenvalue weighted by atomic mass is 10.3. The van der Waals surface area contributed by atoms with Gasteiger partial charge in [-0.15, -0.1) is 0 Å². The van der Waals surface area contributed by atoms with Crippen molar-refractivity contribution in [1.29, 1.82) is 0 Å². The lowest BCUT2D eigenvalue weighted by molar-refractivity contribution is -0.384. The van der Waals surface area contributed by atoms with Gasteiger partial charge in [-0.3, -0.25) is 10.1 Å². The predicted molar refractivity (Wildman–Crippen MR) is 64.4 cm³/mol. The summed E-state index contributed by atoms with van der Waals surface area (Å²) >= 11 is 4.59. The Balaban J connectivity index is 2.67. The summed E-state index contributed by atoms with van der Waals surface area (Å²) in [6.07, 6.45) is 0. The molecule has 8 nitrogen and oxygen atoms in total. The highest BCUT2D eigenvalue weighted by molar-refractivity contribution is 7.80. The quantitative estimate of drug-likeness (QED) is 0.327. The molecule has 0 saturated carbocycles. The van der Waals surface area contributed by atoms with Gasteiger partial charge in [0.05, 0.1) is 4.92 Å². The van der Waals surface area contributed by atoms with Crippen molar-refractivity contribution >= 4 is 36.5 Å². The first kappa shape index (κ1) is 13.5. The number of nitro groups is 1. The van der Waals surface area contributed by atoms with E-state index in [9.17, 15) is 14.7 Å². The molecule has 1 aromatic carbocycles. The molecule has 0 fully saturated rings.